The lowest BCUT2D eigenvalue weighted by Crippen LogP contribution is -2.32. The lowest BCUT2D eigenvalue weighted by atomic mass is 10.2. The van der Waals surface area contributed by atoms with E-state index < -0.39 is 0 Å². The van der Waals surface area contributed by atoms with E-state index in [1.165, 1.54) is 0 Å². The number of hydrogen-bond donors (Lipinski definition) is 0. The molecule has 0 aliphatic carbocycles. The zero-order valence-corrected chi connectivity index (χ0v) is 18.0. The lowest BCUT2D eigenvalue weighted by Gasteiger charge is -2.20. The highest BCUT2D eigenvalue weighted by atomic mass is 32.2. The van der Waals surface area contributed by atoms with Gasteiger partial charge in [-0.2, -0.15) is 0 Å². The first-order valence-corrected chi connectivity index (χ1v) is 11.5. The Labute approximate surface area is 178 Å². The van der Waals surface area contributed by atoms with E-state index in [9.17, 15) is 4.79 Å². The molecule has 4 aromatic rings. The molecule has 0 radical (unpaired) electrons. The van der Waals surface area contributed by atoms with Gasteiger partial charge in [0.25, 0.3) is 5.91 Å². The van der Waals surface area contributed by atoms with Gasteiger partial charge in [-0.1, -0.05) is 29.5 Å². The maximum Gasteiger partial charge on any atom is 0.260 e. The van der Waals surface area contributed by atoms with Crippen LogP contribution < -0.4 is 4.90 Å². The monoisotopic (exact) mass is 422 g/mol. The number of thioether (sulfide) groups is 1. The smallest absolute Gasteiger partial charge is 0.260 e. The normalized spacial score (nSPS) is 11.1. The Morgan fingerprint density at radius 1 is 1.24 bits per heavy atom. The Morgan fingerprint density at radius 2 is 2.10 bits per heavy atom. The number of thiazole rings is 1. The molecule has 0 saturated carbocycles. The van der Waals surface area contributed by atoms with Crippen LogP contribution in [-0.2, 0) is 6.54 Å². The summed E-state index contributed by atoms with van der Waals surface area (Å²) in [5, 5.41) is 0.750. The van der Waals surface area contributed by atoms with Crippen molar-refractivity contribution >= 4 is 44.4 Å². The van der Waals surface area contributed by atoms with Crippen LogP contribution in [0.4, 0.5) is 5.13 Å². The summed E-state index contributed by atoms with van der Waals surface area (Å²) in [4.78, 5) is 25.2. The van der Waals surface area contributed by atoms with Gasteiger partial charge >= 0.3 is 0 Å². The fourth-order valence-corrected chi connectivity index (χ4v) is 4.74. The molecular formula is C22H22N4OS2. The fourth-order valence-electron chi connectivity index (χ4n) is 3.22. The van der Waals surface area contributed by atoms with Crippen molar-refractivity contribution < 1.29 is 4.79 Å². The first kappa shape index (κ1) is 19.7. The third-order valence-electron chi connectivity index (χ3n) is 4.76. The predicted molar refractivity (Wildman–Crippen MR) is 121 cm³/mol. The molecule has 7 heteroatoms. The maximum atomic E-state index is 13.4. The highest BCUT2D eigenvalue weighted by molar-refractivity contribution is 7.98. The summed E-state index contributed by atoms with van der Waals surface area (Å²) in [6.45, 7) is 3.46. The highest BCUT2D eigenvalue weighted by Crippen LogP contribution is 2.32. The minimum absolute atomic E-state index is 0.0109. The van der Waals surface area contributed by atoms with Gasteiger partial charge in [-0.25, -0.2) is 9.97 Å². The molecule has 2 aromatic carbocycles. The van der Waals surface area contributed by atoms with Gasteiger partial charge in [0.05, 0.1) is 16.5 Å². The van der Waals surface area contributed by atoms with Crippen LogP contribution in [0.1, 0.15) is 22.3 Å². The molecule has 0 unspecified atom stereocenters. The molecule has 0 atom stereocenters. The molecule has 0 bridgehead atoms. The number of aryl methyl sites for hydroxylation is 2. The summed E-state index contributed by atoms with van der Waals surface area (Å²) in [5.74, 6) is -0.0109. The lowest BCUT2D eigenvalue weighted by molar-refractivity contribution is 0.0986. The van der Waals surface area contributed by atoms with Crippen LogP contribution in [0, 0.1) is 6.92 Å². The van der Waals surface area contributed by atoms with Gasteiger partial charge in [0.2, 0.25) is 0 Å². The van der Waals surface area contributed by atoms with E-state index in [-0.39, 0.29) is 5.91 Å². The minimum Gasteiger partial charge on any atom is -0.337 e. The zero-order chi connectivity index (χ0) is 20.2. The summed E-state index contributed by atoms with van der Waals surface area (Å²) in [6, 6.07) is 13.9. The molecule has 0 aliphatic rings. The van der Waals surface area contributed by atoms with Crippen LogP contribution in [0.25, 0.3) is 10.2 Å². The predicted octanol–water partition coefficient (Wildman–Crippen LogP) is 5.26. The average Bonchev–Trinajstić information content (AvgIpc) is 3.41. The molecule has 2 aromatic heterocycles. The standard InChI is InChI=1S/C22H22N4OS2/c1-16-6-3-9-19-20(16)24-22(29-19)26(12-5-11-25-13-10-23-15-25)21(27)17-7-4-8-18(14-17)28-2/h3-4,6-10,13-15H,5,11-12H2,1-2H3. The van der Waals surface area contributed by atoms with Gasteiger partial charge in [0.15, 0.2) is 5.13 Å². The van der Waals surface area contributed by atoms with Crippen molar-refractivity contribution in [3.8, 4) is 0 Å². The number of imidazole rings is 1. The van der Waals surface area contributed by atoms with Crippen LogP contribution in [0.2, 0.25) is 0 Å². The van der Waals surface area contributed by atoms with Gasteiger partial charge in [-0.05, 0) is 49.4 Å². The van der Waals surface area contributed by atoms with E-state index in [0.717, 1.165) is 38.8 Å². The Kier molecular flexibility index (Phi) is 5.97. The van der Waals surface area contributed by atoms with Crippen molar-refractivity contribution in [2.24, 2.45) is 0 Å². The van der Waals surface area contributed by atoms with Gasteiger partial charge in [0, 0.05) is 35.9 Å². The topological polar surface area (TPSA) is 51.0 Å². The molecule has 148 valence electrons. The Balaban J connectivity index is 1.65. The number of aromatic nitrogens is 3. The Bertz CT molecular complexity index is 1120. The van der Waals surface area contributed by atoms with Crippen molar-refractivity contribution in [1.29, 1.82) is 0 Å². The Morgan fingerprint density at radius 3 is 2.86 bits per heavy atom. The maximum absolute atomic E-state index is 13.4. The van der Waals surface area contributed by atoms with Gasteiger partial charge in [-0.15, -0.1) is 11.8 Å². The summed E-state index contributed by atoms with van der Waals surface area (Å²) in [6.07, 6.45) is 8.35. The number of nitrogens with zero attached hydrogens (tertiary/aromatic N) is 4. The van der Waals surface area contributed by atoms with E-state index in [1.54, 1.807) is 35.6 Å². The molecule has 4 rings (SSSR count). The number of fused-ring (bicyclic) bond motifs is 1. The first-order valence-electron chi connectivity index (χ1n) is 9.43. The molecule has 1 amide bonds. The molecule has 0 saturated heterocycles. The van der Waals surface area contributed by atoms with Crippen molar-refractivity contribution in [2.45, 2.75) is 24.8 Å². The number of carbonyl (C=O) groups excluding carboxylic acids is 1. The zero-order valence-electron chi connectivity index (χ0n) is 16.4. The minimum atomic E-state index is -0.0109. The summed E-state index contributed by atoms with van der Waals surface area (Å²) in [7, 11) is 0. The molecule has 2 heterocycles. The molecule has 0 N–H and O–H groups in total. The number of amides is 1. The summed E-state index contributed by atoms with van der Waals surface area (Å²) < 4.78 is 3.13. The molecule has 29 heavy (non-hydrogen) atoms. The van der Waals surface area contributed by atoms with Crippen molar-refractivity contribution in [3.63, 3.8) is 0 Å². The van der Waals surface area contributed by atoms with Gasteiger partial charge in [0.1, 0.15) is 0 Å². The summed E-state index contributed by atoms with van der Waals surface area (Å²) in [5.41, 5.74) is 2.79. The fraction of sp³-hybridized carbons (Fsp3) is 0.227. The van der Waals surface area contributed by atoms with Crippen LogP contribution in [0.3, 0.4) is 0 Å². The largest absolute Gasteiger partial charge is 0.337 e. The van der Waals surface area contributed by atoms with Crippen LogP contribution in [0.15, 0.2) is 66.1 Å². The second kappa shape index (κ2) is 8.80. The van der Waals surface area contributed by atoms with Crippen molar-refractivity contribution in [1.82, 2.24) is 14.5 Å². The molecule has 0 fully saturated rings. The molecular weight excluding hydrogens is 400 g/mol. The number of rotatable bonds is 7. The van der Waals surface area contributed by atoms with Crippen molar-refractivity contribution in [3.05, 3.63) is 72.3 Å². The molecule has 5 nitrogen and oxygen atoms in total. The van der Waals surface area contributed by atoms with Crippen molar-refractivity contribution in [2.75, 3.05) is 17.7 Å². The van der Waals surface area contributed by atoms with Crippen LogP contribution in [0.5, 0.6) is 0 Å². The second-order valence-electron chi connectivity index (χ2n) is 6.76. The van der Waals surface area contributed by atoms with Crippen LogP contribution >= 0.6 is 23.1 Å². The number of para-hydroxylation sites is 1. The third-order valence-corrected chi connectivity index (χ3v) is 6.53. The van der Waals surface area contributed by atoms with Crippen LogP contribution in [-0.4, -0.2) is 33.2 Å². The summed E-state index contributed by atoms with van der Waals surface area (Å²) >= 11 is 3.21. The van der Waals surface area contributed by atoms with E-state index in [1.807, 2.05) is 52.3 Å². The van der Waals surface area contributed by atoms with E-state index in [4.69, 9.17) is 4.98 Å². The SMILES string of the molecule is CSc1cccc(C(=O)N(CCCn2ccnc2)c2nc3c(C)cccc3s2)c1. The molecule has 0 aliphatic heterocycles. The third kappa shape index (κ3) is 4.36. The second-order valence-corrected chi connectivity index (χ2v) is 8.65. The van der Waals surface area contributed by atoms with E-state index >= 15 is 0 Å². The highest BCUT2D eigenvalue weighted by Gasteiger charge is 2.21. The first-order chi connectivity index (χ1) is 14.2. The van der Waals surface area contributed by atoms with E-state index in [0.29, 0.717) is 12.1 Å². The number of benzene rings is 2. The van der Waals surface area contributed by atoms with E-state index in [2.05, 4.69) is 24.0 Å². The van der Waals surface area contributed by atoms with Gasteiger partial charge in [-0.3, -0.25) is 9.69 Å². The average molecular weight is 423 g/mol. The number of anilines is 1. The van der Waals surface area contributed by atoms with Gasteiger partial charge < -0.3 is 4.57 Å². The number of hydrogen-bond acceptors (Lipinski definition) is 5. The quantitative estimate of drug-likeness (QED) is 0.381. The Hall–Kier alpha value is -2.64. The molecule has 0 spiro atoms. The number of carbonyl (C=O) groups is 1.